The van der Waals surface area contributed by atoms with Crippen molar-refractivity contribution in [1.82, 2.24) is 0 Å². The van der Waals surface area contributed by atoms with Crippen LogP contribution in [0, 0.1) is 3.57 Å². The Morgan fingerprint density at radius 3 is 2.44 bits per heavy atom. The molecule has 0 fully saturated rings. The molecule has 3 N–H and O–H groups in total. The predicted octanol–water partition coefficient (Wildman–Crippen LogP) is 3.20. The molecule has 0 bridgehead atoms. The number of ether oxygens (including phenoxy) is 1. The summed E-state index contributed by atoms with van der Waals surface area (Å²) in [6, 6.07) is 13.3. The topological polar surface area (TPSA) is 55.5 Å². The molecular weight excluding hydrogens is 341 g/mol. The zero-order chi connectivity index (χ0) is 13.0. The fraction of sp³-hybridized carbons (Fsp3) is 0.143. The van der Waals surface area contributed by atoms with E-state index in [2.05, 4.69) is 22.6 Å². The van der Waals surface area contributed by atoms with Crippen molar-refractivity contribution in [2.75, 3.05) is 12.3 Å². The van der Waals surface area contributed by atoms with Gasteiger partial charge in [0.1, 0.15) is 11.5 Å². The van der Waals surface area contributed by atoms with E-state index in [-0.39, 0.29) is 6.61 Å². The zero-order valence-corrected chi connectivity index (χ0v) is 11.9. The number of nitrogen functional groups attached to an aromatic ring is 1. The van der Waals surface area contributed by atoms with Crippen LogP contribution in [0.25, 0.3) is 0 Å². The van der Waals surface area contributed by atoms with Gasteiger partial charge in [-0.25, -0.2) is 0 Å². The minimum atomic E-state index is 0.163. The van der Waals surface area contributed by atoms with Crippen LogP contribution in [0.5, 0.6) is 11.5 Å². The average Bonchev–Trinajstić information content (AvgIpc) is 2.35. The Morgan fingerprint density at radius 1 is 1.11 bits per heavy atom. The van der Waals surface area contributed by atoms with E-state index in [9.17, 15) is 0 Å². The van der Waals surface area contributed by atoms with Gasteiger partial charge >= 0.3 is 0 Å². The number of anilines is 1. The average molecular weight is 355 g/mol. The third-order valence-electron chi connectivity index (χ3n) is 2.51. The summed E-state index contributed by atoms with van der Waals surface area (Å²) in [7, 11) is 0. The molecule has 0 saturated heterocycles. The van der Waals surface area contributed by atoms with Crippen LogP contribution in [-0.2, 0) is 6.42 Å². The highest BCUT2D eigenvalue weighted by Gasteiger charge is 2.03. The van der Waals surface area contributed by atoms with Gasteiger partial charge in [0, 0.05) is 12.3 Å². The Morgan fingerprint density at radius 2 is 1.83 bits per heavy atom. The number of hydrogen-bond acceptors (Lipinski definition) is 3. The van der Waals surface area contributed by atoms with E-state index in [4.69, 9.17) is 15.6 Å². The zero-order valence-electron chi connectivity index (χ0n) is 9.77. The van der Waals surface area contributed by atoms with Gasteiger partial charge < -0.3 is 15.6 Å². The van der Waals surface area contributed by atoms with Crippen LogP contribution < -0.4 is 10.5 Å². The summed E-state index contributed by atoms with van der Waals surface area (Å²) >= 11 is 2.19. The van der Waals surface area contributed by atoms with Crippen molar-refractivity contribution in [3.8, 4) is 11.5 Å². The molecule has 0 amide bonds. The summed E-state index contributed by atoms with van der Waals surface area (Å²) in [5.41, 5.74) is 7.51. The molecule has 2 aromatic carbocycles. The molecule has 2 rings (SSSR count). The standard InChI is InChI=1S/C14H14INO2/c15-13-9-11(16)3-6-14(13)18-12-4-1-10(2-5-12)7-8-17/h1-6,9,17H,7-8,16H2. The molecule has 0 saturated carbocycles. The lowest BCUT2D eigenvalue weighted by Crippen LogP contribution is -1.92. The lowest BCUT2D eigenvalue weighted by molar-refractivity contribution is 0.299. The normalized spacial score (nSPS) is 10.3. The summed E-state index contributed by atoms with van der Waals surface area (Å²) in [4.78, 5) is 0. The molecule has 4 heteroatoms. The Bertz CT molecular complexity index is 526. The van der Waals surface area contributed by atoms with Gasteiger partial charge in [0.25, 0.3) is 0 Å². The monoisotopic (exact) mass is 355 g/mol. The Hall–Kier alpha value is -1.27. The first kappa shape index (κ1) is 13.2. The van der Waals surface area contributed by atoms with Crippen LogP contribution in [0.1, 0.15) is 5.56 Å². The number of aliphatic hydroxyl groups is 1. The number of rotatable bonds is 4. The minimum absolute atomic E-state index is 0.163. The molecule has 0 unspecified atom stereocenters. The van der Waals surface area contributed by atoms with Crippen molar-refractivity contribution in [3.05, 3.63) is 51.6 Å². The van der Waals surface area contributed by atoms with E-state index in [1.165, 1.54) is 0 Å². The van der Waals surface area contributed by atoms with E-state index < -0.39 is 0 Å². The van der Waals surface area contributed by atoms with Crippen molar-refractivity contribution < 1.29 is 9.84 Å². The smallest absolute Gasteiger partial charge is 0.140 e. The molecule has 0 aliphatic rings. The van der Waals surface area contributed by atoms with Gasteiger partial charge in [-0.3, -0.25) is 0 Å². The summed E-state index contributed by atoms with van der Waals surface area (Å²) in [5, 5.41) is 8.84. The van der Waals surface area contributed by atoms with E-state index in [0.29, 0.717) is 6.42 Å². The number of benzene rings is 2. The minimum Gasteiger partial charge on any atom is -0.456 e. The maximum absolute atomic E-state index is 8.84. The maximum atomic E-state index is 8.84. The fourth-order valence-electron chi connectivity index (χ4n) is 1.58. The largest absolute Gasteiger partial charge is 0.456 e. The molecule has 0 aromatic heterocycles. The van der Waals surface area contributed by atoms with Crippen molar-refractivity contribution >= 4 is 28.3 Å². The third-order valence-corrected chi connectivity index (χ3v) is 3.35. The first-order chi connectivity index (χ1) is 8.69. The molecule has 0 aliphatic carbocycles. The molecule has 0 atom stereocenters. The summed E-state index contributed by atoms with van der Waals surface area (Å²) < 4.78 is 6.75. The molecular formula is C14H14INO2. The number of halogens is 1. The molecule has 0 aliphatic heterocycles. The summed E-state index contributed by atoms with van der Waals surface area (Å²) in [6.45, 7) is 0.163. The second-order valence-corrected chi connectivity index (χ2v) is 5.07. The van der Waals surface area contributed by atoms with Crippen LogP contribution >= 0.6 is 22.6 Å². The number of nitrogens with two attached hydrogens (primary N) is 1. The van der Waals surface area contributed by atoms with Crippen molar-refractivity contribution in [1.29, 1.82) is 0 Å². The number of hydrogen-bond donors (Lipinski definition) is 2. The summed E-state index contributed by atoms with van der Waals surface area (Å²) in [6.07, 6.45) is 0.666. The highest BCUT2D eigenvalue weighted by Crippen LogP contribution is 2.28. The van der Waals surface area contributed by atoms with Crippen LogP contribution in [0.4, 0.5) is 5.69 Å². The van der Waals surface area contributed by atoms with Gasteiger partial charge in [0.15, 0.2) is 0 Å². The van der Waals surface area contributed by atoms with E-state index in [1.54, 1.807) is 0 Å². The molecule has 18 heavy (non-hydrogen) atoms. The van der Waals surface area contributed by atoms with Gasteiger partial charge in [-0.1, -0.05) is 12.1 Å². The highest BCUT2D eigenvalue weighted by molar-refractivity contribution is 14.1. The van der Waals surface area contributed by atoms with Crippen LogP contribution in [0.3, 0.4) is 0 Å². The van der Waals surface area contributed by atoms with E-state index >= 15 is 0 Å². The second kappa shape index (κ2) is 6.06. The van der Waals surface area contributed by atoms with Crippen LogP contribution in [0.15, 0.2) is 42.5 Å². The van der Waals surface area contributed by atoms with E-state index in [1.807, 2.05) is 42.5 Å². The lowest BCUT2D eigenvalue weighted by Gasteiger charge is -2.09. The first-order valence-electron chi connectivity index (χ1n) is 5.62. The highest BCUT2D eigenvalue weighted by atomic mass is 127. The quantitative estimate of drug-likeness (QED) is 0.654. The molecule has 2 aromatic rings. The Kier molecular flexibility index (Phi) is 4.43. The van der Waals surface area contributed by atoms with Gasteiger partial charge in [-0.2, -0.15) is 0 Å². The van der Waals surface area contributed by atoms with Crippen molar-refractivity contribution in [2.24, 2.45) is 0 Å². The molecule has 0 spiro atoms. The van der Waals surface area contributed by atoms with Gasteiger partial charge in [-0.05, 0) is 64.9 Å². The SMILES string of the molecule is Nc1ccc(Oc2ccc(CCO)cc2)c(I)c1. The first-order valence-corrected chi connectivity index (χ1v) is 6.69. The molecule has 0 radical (unpaired) electrons. The van der Waals surface area contributed by atoms with Gasteiger partial charge in [0.2, 0.25) is 0 Å². The van der Waals surface area contributed by atoms with Crippen LogP contribution in [0.2, 0.25) is 0 Å². The predicted molar refractivity (Wildman–Crippen MR) is 80.9 cm³/mol. The van der Waals surface area contributed by atoms with Crippen molar-refractivity contribution in [3.63, 3.8) is 0 Å². The fourth-order valence-corrected chi connectivity index (χ4v) is 2.23. The Balaban J connectivity index is 2.13. The number of aliphatic hydroxyl groups excluding tert-OH is 1. The molecule has 3 nitrogen and oxygen atoms in total. The summed E-state index contributed by atoms with van der Waals surface area (Å²) in [5.74, 6) is 1.57. The van der Waals surface area contributed by atoms with Gasteiger partial charge in [0.05, 0.1) is 3.57 Å². The van der Waals surface area contributed by atoms with Crippen molar-refractivity contribution in [2.45, 2.75) is 6.42 Å². The maximum Gasteiger partial charge on any atom is 0.140 e. The molecule has 0 heterocycles. The van der Waals surface area contributed by atoms with E-state index in [0.717, 1.165) is 26.3 Å². The van der Waals surface area contributed by atoms with Crippen LogP contribution in [-0.4, -0.2) is 11.7 Å². The molecule has 94 valence electrons. The third kappa shape index (κ3) is 3.36. The van der Waals surface area contributed by atoms with Gasteiger partial charge in [-0.15, -0.1) is 0 Å². The Labute approximate surface area is 120 Å². The lowest BCUT2D eigenvalue weighted by atomic mass is 10.1. The second-order valence-electron chi connectivity index (χ2n) is 3.91.